The first kappa shape index (κ1) is 30.2. The lowest BCUT2D eigenvalue weighted by atomic mass is 9.86. The minimum Gasteiger partial charge on any atom is -0.353 e. The molecule has 1 heterocycles. The predicted octanol–water partition coefficient (Wildman–Crippen LogP) is 6.30. The number of benzene rings is 3. The van der Waals surface area contributed by atoms with Crippen LogP contribution in [-0.2, 0) is 22.5 Å². The Bertz CT molecular complexity index is 1340. The first-order valence-corrected chi connectivity index (χ1v) is 14.1. The SMILES string of the molecule is CC(=O)N[C@H](CCNC1CCN(OC(=O)c2ccccc2)c2ccc(CC(C)(C)C)cc21)Cc1cc(F)cc(F)c1. The van der Waals surface area contributed by atoms with Crippen LogP contribution < -0.4 is 15.7 Å². The summed E-state index contributed by atoms with van der Waals surface area (Å²) < 4.78 is 27.5. The van der Waals surface area contributed by atoms with Crippen molar-refractivity contribution in [2.24, 2.45) is 5.41 Å². The monoisotopic (exact) mass is 563 g/mol. The van der Waals surface area contributed by atoms with Gasteiger partial charge in [0.05, 0.1) is 17.8 Å². The van der Waals surface area contributed by atoms with E-state index in [0.29, 0.717) is 43.5 Å². The van der Waals surface area contributed by atoms with Crippen LogP contribution in [0, 0.1) is 17.0 Å². The van der Waals surface area contributed by atoms with Crippen LogP contribution in [0.2, 0.25) is 0 Å². The molecule has 1 unspecified atom stereocenters. The average molecular weight is 564 g/mol. The van der Waals surface area contributed by atoms with Crippen molar-refractivity contribution in [2.45, 2.75) is 65.5 Å². The Hall–Kier alpha value is -3.78. The third-order valence-electron chi connectivity index (χ3n) is 6.99. The Labute approximate surface area is 241 Å². The van der Waals surface area contributed by atoms with Gasteiger partial charge in [-0.05, 0) is 84.7 Å². The number of amides is 1. The Morgan fingerprint density at radius 2 is 1.71 bits per heavy atom. The van der Waals surface area contributed by atoms with Gasteiger partial charge < -0.3 is 15.5 Å². The highest BCUT2D eigenvalue weighted by Gasteiger charge is 2.29. The maximum atomic E-state index is 13.7. The maximum Gasteiger partial charge on any atom is 0.363 e. The van der Waals surface area contributed by atoms with E-state index in [1.165, 1.54) is 24.6 Å². The number of hydrogen-bond acceptors (Lipinski definition) is 5. The Kier molecular flexibility index (Phi) is 9.76. The molecule has 0 radical (unpaired) electrons. The van der Waals surface area contributed by atoms with Crippen LogP contribution in [0.25, 0.3) is 0 Å². The van der Waals surface area contributed by atoms with Crippen LogP contribution in [0.1, 0.15) is 73.6 Å². The van der Waals surface area contributed by atoms with Gasteiger partial charge in [-0.2, -0.15) is 0 Å². The normalized spacial score (nSPS) is 15.7. The van der Waals surface area contributed by atoms with Gasteiger partial charge in [0, 0.05) is 25.1 Å². The molecule has 0 saturated heterocycles. The van der Waals surface area contributed by atoms with Crippen LogP contribution in [0.5, 0.6) is 0 Å². The van der Waals surface area contributed by atoms with Gasteiger partial charge in [0.2, 0.25) is 5.91 Å². The van der Waals surface area contributed by atoms with Crippen molar-refractivity contribution >= 4 is 17.6 Å². The van der Waals surface area contributed by atoms with Crippen molar-refractivity contribution in [3.63, 3.8) is 0 Å². The fourth-order valence-corrected chi connectivity index (χ4v) is 5.35. The number of anilines is 1. The number of carbonyl (C=O) groups excluding carboxylic acids is 2. The molecule has 0 fully saturated rings. The van der Waals surface area contributed by atoms with Crippen LogP contribution in [-0.4, -0.2) is 31.0 Å². The second kappa shape index (κ2) is 13.3. The smallest absolute Gasteiger partial charge is 0.353 e. The standard InChI is InChI=1S/C33H39F2N3O3/c1-22(39)37-28(18-24-16-26(34)20-27(35)17-24)12-14-36-30-13-15-38(41-32(40)25-8-6-5-7-9-25)31-11-10-23(19-29(30)31)21-33(2,3)4/h5-11,16-17,19-20,28,30,36H,12-15,18,21H2,1-4H3,(H,37,39)/t28-,30?/m1/s1. The van der Waals surface area contributed by atoms with Gasteiger partial charge in [-0.1, -0.05) is 51.1 Å². The zero-order valence-electron chi connectivity index (χ0n) is 24.2. The molecular weight excluding hydrogens is 524 g/mol. The highest BCUT2D eigenvalue weighted by atomic mass is 19.1. The summed E-state index contributed by atoms with van der Waals surface area (Å²) in [6.07, 6.45) is 2.48. The van der Waals surface area contributed by atoms with Gasteiger partial charge in [0.15, 0.2) is 0 Å². The minimum atomic E-state index is -0.637. The highest BCUT2D eigenvalue weighted by Crippen LogP contribution is 2.36. The lowest BCUT2D eigenvalue weighted by molar-refractivity contribution is -0.119. The third kappa shape index (κ3) is 8.85. The molecule has 0 saturated carbocycles. The molecule has 8 heteroatoms. The molecule has 41 heavy (non-hydrogen) atoms. The molecule has 4 rings (SSSR count). The Morgan fingerprint density at radius 3 is 2.37 bits per heavy atom. The van der Waals surface area contributed by atoms with E-state index in [2.05, 4.69) is 43.5 Å². The summed E-state index contributed by atoms with van der Waals surface area (Å²) in [7, 11) is 0. The number of rotatable bonds is 10. The molecule has 2 atom stereocenters. The van der Waals surface area contributed by atoms with E-state index in [0.717, 1.165) is 23.7 Å². The molecule has 2 N–H and O–H groups in total. The van der Waals surface area contributed by atoms with E-state index in [-0.39, 0.29) is 23.4 Å². The third-order valence-corrected chi connectivity index (χ3v) is 6.99. The molecule has 6 nitrogen and oxygen atoms in total. The Balaban J connectivity index is 1.49. The van der Waals surface area contributed by atoms with Crippen LogP contribution in [0.3, 0.4) is 0 Å². The summed E-state index contributed by atoms with van der Waals surface area (Å²) in [6, 6.07) is 18.3. The van der Waals surface area contributed by atoms with Crippen LogP contribution in [0.4, 0.5) is 14.5 Å². The molecule has 1 aliphatic rings. The topological polar surface area (TPSA) is 70.7 Å². The fourth-order valence-electron chi connectivity index (χ4n) is 5.35. The van der Waals surface area contributed by atoms with E-state index in [4.69, 9.17) is 4.84 Å². The molecule has 1 aliphatic heterocycles. The van der Waals surface area contributed by atoms with Crippen molar-refractivity contribution in [3.05, 3.63) is 101 Å². The molecule has 3 aromatic rings. The van der Waals surface area contributed by atoms with Crippen molar-refractivity contribution in [3.8, 4) is 0 Å². The first-order valence-electron chi connectivity index (χ1n) is 14.1. The van der Waals surface area contributed by atoms with Gasteiger partial charge in [-0.25, -0.2) is 18.6 Å². The van der Waals surface area contributed by atoms with Gasteiger partial charge in [0.1, 0.15) is 11.6 Å². The van der Waals surface area contributed by atoms with Crippen molar-refractivity contribution < 1.29 is 23.2 Å². The van der Waals surface area contributed by atoms with Gasteiger partial charge in [-0.3, -0.25) is 4.79 Å². The van der Waals surface area contributed by atoms with E-state index in [1.807, 2.05) is 12.1 Å². The fraction of sp³-hybridized carbons (Fsp3) is 0.394. The summed E-state index contributed by atoms with van der Waals surface area (Å²) in [5.74, 6) is -1.88. The molecule has 0 aliphatic carbocycles. The lowest BCUT2D eigenvalue weighted by Gasteiger charge is -2.35. The van der Waals surface area contributed by atoms with Gasteiger partial charge >= 0.3 is 5.97 Å². The molecule has 0 aromatic heterocycles. The van der Waals surface area contributed by atoms with E-state index in [1.54, 1.807) is 29.3 Å². The maximum absolute atomic E-state index is 13.7. The summed E-state index contributed by atoms with van der Waals surface area (Å²) in [5, 5.41) is 8.20. The number of carbonyl (C=O) groups is 2. The number of hydroxylamine groups is 1. The first-order chi connectivity index (χ1) is 19.5. The number of hydrogen-bond donors (Lipinski definition) is 2. The number of nitrogens with zero attached hydrogens (tertiary/aromatic N) is 1. The van der Waals surface area contributed by atoms with Crippen LogP contribution in [0.15, 0.2) is 66.7 Å². The van der Waals surface area contributed by atoms with E-state index < -0.39 is 17.6 Å². The largest absolute Gasteiger partial charge is 0.363 e. The molecule has 0 bridgehead atoms. The molecular formula is C33H39F2N3O3. The van der Waals surface area contributed by atoms with E-state index >= 15 is 0 Å². The molecule has 1 amide bonds. The summed E-state index contributed by atoms with van der Waals surface area (Å²) in [6.45, 7) is 9.11. The quantitative estimate of drug-likeness (QED) is 0.303. The van der Waals surface area contributed by atoms with E-state index in [9.17, 15) is 18.4 Å². The predicted molar refractivity (Wildman–Crippen MR) is 156 cm³/mol. The summed E-state index contributed by atoms with van der Waals surface area (Å²) >= 11 is 0. The minimum absolute atomic E-state index is 0.00110. The zero-order chi connectivity index (χ0) is 29.6. The second-order valence-electron chi connectivity index (χ2n) is 11.9. The zero-order valence-corrected chi connectivity index (χ0v) is 24.2. The molecule has 218 valence electrons. The molecule has 0 spiro atoms. The van der Waals surface area contributed by atoms with Crippen molar-refractivity contribution in [2.75, 3.05) is 18.2 Å². The van der Waals surface area contributed by atoms with Crippen molar-refractivity contribution in [1.29, 1.82) is 0 Å². The second-order valence-corrected chi connectivity index (χ2v) is 11.9. The number of halogens is 2. The van der Waals surface area contributed by atoms with Crippen LogP contribution >= 0.6 is 0 Å². The number of nitrogens with one attached hydrogen (secondary N) is 2. The van der Waals surface area contributed by atoms with Crippen molar-refractivity contribution in [1.82, 2.24) is 10.6 Å². The lowest BCUT2D eigenvalue weighted by Crippen LogP contribution is -2.40. The average Bonchev–Trinajstić information content (AvgIpc) is 2.88. The summed E-state index contributed by atoms with van der Waals surface area (Å²) in [4.78, 5) is 30.5. The highest BCUT2D eigenvalue weighted by molar-refractivity contribution is 5.90. The van der Waals surface area contributed by atoms with Gasteiger partial charge in [-0.15, -0.1) is 0 Å². The molecule has 3 aromatic carbocycles. The van der Waals surface area contributed by atoms with Gasteiger partial charge in [0.25, 0.3) is 0 Å². The Morgan fingerprint density at radius 1 is 1.00 bits per heavy atom. The number of fused-ring (bicyclic) bond motifs is 1. The summed E-state index contributed by atoms with van der Waals surface area (Å²) in [5.41, 5.74) is 4.16.